The van der Waals surface area contributed by atoms with E-state index in [0.717, 1.165) is 5.56 Å². The number of phenols is 2. The lowest BCUT2D eigenvalue weighted by atomic mass is 10.1. The molecule has 1 rings (SSSR count). The Morgan fingerprint density at radius 2 is 1.87 bits per heavy atom. The molecule has 4 nitrogen and oxygen atoms in total. The number of hydrogen-bond donors (Lipinski definition) is 4. The maximum Gasteiger partial charge on any atom is 0.157 e. The number of phenolic OH excluding ortho intramolecular Hbond substituents is 2. The highest BCUT2D eigenvalue weighted by molar-refractivity contribution is 5.41. The molecule has 0 fully saturated rings. The summed E-state index contributed by atoms with van der Waals surface area (Å²) in [5.74, 6) is -0.323. The minimum absolute atomic E-state index is 0.0532. The van der Waals surface area contributed by atoms with Crippen molar-refractivity contribution >= 4 is 0 Å². The van der Waals surface area contributed by atoms with Gasteiger partial charge in [-0.15, -0.1) is 0 Å². The minimum atomic E-state index is -0.225. The third-order valence-corrected chi connectivity index (χ3v) is 2.12. The third-order valence-electron chi connectivity index (χ3n) is 2.12. The molecule has 0 aliphatic rings. The Bertz CT molecular complexity index is 326. The number of aliphatic hydroxyl groups is 1. The van der Waals surface area contributed by atoms with Gasteiger partial charge in [-0.2, -0.15) is 0 Å². The normalized spacial score (nSPS) is 13.1. The van der Waals surface area contributed by atoms with E-state index in [4.69, 9.17) is 5.11 Å². The summed E-state index contributed by atoms with van der Waals surface area (Å²) in [4.78, 5) is 0. The summed E-state index contributed by atoms with van der Waals surface area (Å²) >= 11 is 0. The molecule has 0 amide bonds. The standard InChI is InChI=1S/C11H17NO3/c1-7(2)12-9(6-13)8-3-4-10(14)11(15)5-8/h3-5,7,9,12-15H,6H2,1-2H3/t9-/m1/s1. The molecule has 4 N–H and O–H groups in total. The lowest BCUT2D eigenvalue weighted by molar-refractivity contribution is 0.237. The van der Waals surface area contributed by atoms with Crippen molar-refractivity contribution in [2.24, 2.45) is 0 Å². The average molecular weight is 211 g/mol. The van der Waals surface area contributed by atoms with E-state index in [1.807, 2.05) is 13.8 Å². The van der Waals surface area contributed by atoms with Crippen molar-refractivity contribution in [3.63, 3.8) is 0 Å². The molecule has 0 aliphatic heterocycles. The Morgan fingerprint density at radius 3 is 2.33 bits per heavy atom. The number of rotatable bonds is 4. The largest absolute Gasteiger partial charge is 0.504 e. The van der Waals surface area contributed by atoms with Crippen molar-refractivity contribution in [1.29, 1.82) is 0 Å². The zero-order valence-electron chi connectivity index (χ0n) is 8.94. The second kappa shape index (κ2) is 5.00. The van der Waals surface area contributed by atoms with Crippen molar-refractivity contribution in [3.8, 4) is 11.5 Å². The number of nitrogens with one attached hydrogen (secondary N) is 1. The zero-order chi connectivity index (χ0) is 11.4. The van der Waals surface area contributed by atoms with Crippen LogP contribution in [0.25, 0.3) is 0 Å². The molecular weight excluding hydrogens is 194 g/mol. The van der Waals surface area contributed by atoms with Crippen molar-refractivity contribution in [3.05, 3.63) is 23.8 Å². The molecule has 0 aromatic heterocycles. The Labute approximate surface area is 89.2 Å². The van der Waals surface area contributed by atoms with Gasteiger partial charge in [0.25, 0.3) is 0 Å². The highest BCUT2D eigenvalue weighted by Crippen LogP contribution is 2.27. The summed E-state index contributed by atoms with van der Waals surface area (Å²) in [5, 5.41) is 30.8. The number of aliphatic hydroxyl groups excluding tert-OH is 1. The maximum absolute atomic E-state index is 9.32. The molecule has 0 saturated heterocycles. The SMILES string of the molecule is CC(C)N[C@H](CO)c1ccc(O)c(O)c1. The first-order valence-corrected chi connectivity index (χ1v) is 4.93. The summed E-state index contributed by atoms with van der Waals surface area (Å²) in [6, 6.07) is 4.54. The van der Waals surface area contributed by atoms with Crippen molar-refractivity contribution in [2.45, 2.75) is 25.9 Å². The van der Waals surface area contributed by atoms with Crippen LogP contribution in [0.3, 0.4) is 0 Å². The molecule has 0 bridgehead atoms. The van der Waals surface area contributed by atoms with E-state index in [1.54, 1.807) is 6.07 Å². The average Bonchev–Trinajstić information content (AvgIpc) is 2.18. The Kier molecular flexibility index (Phi) is 3.94. The van der Waals surface area contributed by atoms with E-state index in [1.165, 1.54) is 12.1 Å². The van der Waals surface area contributed by atoms with Gasteiger partial charge in [-0.25, -0.2) is 0 Å². The molecular formula is C11H17NO3. The molecule has 15 heavy (non-hydrogen) atoms. The lowest BCUT2D eigenvalue weighted by Gasteiger charge is -2.19. The van der Waals surface area contributed by atoms with Crippen molar-refractivity contribution in [1.82, 2.24) is 5.32 Å². The molecule has 84 valence electrons. The lowest BCUT2D eigenvalue weighted by Crippen LogP contribution is -2.30. The zero-order valence-corrected chi connectivity index (χ0v) is 8.94. The first-order valence-electron chi connectivity index (χ1n) is 4.93. The Hall–Kier alpha value is -1.26. The number of hydrogen-bond acceptors (Lipinski definition) is 4. The van der Waals surface area contributed by atoms with E-state index in [2.05, 4.69) is 5.32 Å². The van der Waals surface area contributed by atoms with Gasteiger partial charge in [0.15, 0.2) is 11.5 Å². The molecule has 0 spiro atoms. The quantitative estimate of drug-likeness (QED) is 0.563. The van der Waals surface area contributed by atoms with Crippen LogP contribution in [0.1, 0.15) is 25.5 Å². The summed E-state index contributed by atoms with van der Waals surface area (Å²) in [6.45, 7) is 3.90. The number of benzene rings is 1. The fourth-order valence-corrected chi connectivity index (χ4v) is 1.41. The molecule has 4 heteroatoms. The molecule has 1 aromatic rings. The smallest absolute Gasteiger partial charge is 0.157 e. The van der Waals surface area contributed by atoms with E-state index in [0.29, 0.717) is 0 Å². The minimum Gasteiger partial charge on any atom is -0.504 e. The van der Waals surface area contributed by atoms with Gasteiger partial charge in [-0.1, -0.05) is 19.9 Å². The third kappa shape index (κ3) is 3.11. The van der Waals surface area contributed by atoms with E-state index < -0.39 is 0 Å². The molecule has 1 atom stereocenters. The van der Waals surface area contributed by atoms with Crippen LogP contribution < -0.4 is 5.32 Å². The van der Waals surface area contributed by atoms with Crippen LogP contribution in [-0.2, 0) is 0 Å². The van der Waals surface area contributed by atoms with Gasteiger partial charge < -0.3 is 20.6 Å². The topological polar surface area (TPSA) is 72.7 Å². The molecule has 0 saturated carbocycles. The highest BCUT2D eigenvalue weighted by atomic mass is 16.3. The second-order valence-electron chi connectivity index (χ2n) is 3.80. The van der Waals surface area contributed by atoms with Gasteiger partial charge in [0, 0.05) is 6.04 Å². The molecule has 0 unspecified atom stereocenters. The van der Waals surface area contributed by atoms with Crippen LogP contribution in [-0.4, -0.2) is 28.0 Å². The predicted molar refractivity (Wildman–Crippen MR) is 57.9 cm³/mol. The van der Waals surface area contributed by atoms with Gasteiger partial charge in [0.05, 0.1) is 12.6 Å². The van der Waals surface area contributed by atoms with Gasteiger partial charge >= 0.3 is 0 Å². The first-order chi connectivity index (χ1) is 7.04. The molecule has 0 aliphatic carbocycles. The van der Waals surface area contributed by atoms with Gasteiger partial charge in [0.2, 0.25) is 0 Å². The first kappa shape index (κ1) is 11.8. The van der Waals surface area contributed by atoms with Crippen LogP contribution in [0.15, 0.2) is 18.2 Å². The Morgan fingerprint density at radius 1 is 1.20 bits per heavy atom. The van der Waals surface area contributed by atoms with Gasteiger partial charge in [0.1, 0.15) is 0 Å². The van der Waals surface area contributed by atoms with Crippen LogP contribution in [0.5, 0.6) is 11.5 Å². The molecule has 0 heterocycles. The maximum atomic E-state index is 9.32. The van der Waals surface area contributed by atoms with Crippen LogP contribution in [0, 0.1) is 0 Å². The summed E-state index contributed by atoms with van der Waals surface area (Å²) in [6.07, 6.45) is 0. The van der Waals surface area contributed by atoms with Crippen molar-refractivity contribution in [2.75, 3.05) is 6.61 Å². The summed E-state index contributed by atoms with van der Waals surface area (Å²) in [5.41, 5.74) is 0.751. The van der Waals surface area contributed by atoms with Gasteiger partial charge in [-0.05, 0) is 17.7 Å². The molecule has 1 aromatic carbocycles. The van der Waals surface area contributed by atoms with Crippen LogP contribution in [0.4, 0.5) is 0 Å². The van der Waals surface area contributed by atoms with E-state index in [-0.39, 0.29) is 30.2 Å². The van der Waals surface area contributed by atoms with E-state index >= 15 is 0 Å². The van der Waals surface area contributed by atoms with Crippen LogP contribution in [0.2, 0.25) is 0 Å². The van der Waals surface area contributed by atoms with Crippen LogP contribution >= 0.6 is 0 Å². The summed E-state index contributed by atoms with van der Waals surface area (Å²) < 4.78 is 0. The Balaban J connectivity index is 2.87. The predicted octanol–water partition coefficient (Wildman–Crippen LogP) is 1.13. The monoisotopic (exact) mass is 211 g/mol. The summed E-state index contributed by atoms with van der Waals surface area (Å²) in [7, 11) is 0. The fraction of sp³-hybridized carbons (Fsp3) is 0.455. The number of aromatic hydroxyl groups is 2. The fourth-order valence-electron chi connectivity index (χ4n) is 1.41. The van der Waals surface area contributed by atoms with Crippen molar-refractivity contribution < 1.29 is 15.3 Å². The molecule has 0 radical (unpaired) electrons. The second-order valence-corrected chi connectivity index (χ2v) is 3.80. The van der Waals surface area contributed by atoms with E-state index in [9.17, 15) is 10.2 Å². The highest BCUT2D eigenvalue weighted by Gasteiger charge is 2.12. The van der Waals surface area contributed by atoms with Gasteiger partial charge in [-0.3, -0.25) is 0 Å².